The summed E-state index contributed by atoms with van der Waals surface area (Å²) in [6.07, 6.45) is 11.3. The van der Waals surface area contributed by atoms with Crippen LogP contribution in [0.5, 0.6) is 0 Å². The van der Waals surface area contributed by atoms with Gasteiger partial charge in [-0.15, -0.1) is 0 Å². The van der Waals surface area contributed by atoms with E-state index in [4.69, 9.17) is 4.65 Å². The van der Waals surface area contributed by atoms with Crippen molar-refractivity contribution in [2.45, 2.75) is 90.7 Å². The van der Waals surface area contributed by atoms with Gasteiger partial charge in [0.1, 0.15) is 0 Å². The smallest absolute Gasteiger partial charge is 0.368 e. The summed E-state index contributed by atoms with van der Waals surface area (Å²) in [4.78, 5) is 0. The second kappa shape index (κ2) is 9.35. The Hall–Kier alpha value is -1.18. The minimum absolute atomic E-state index is 0.215. The van der Waals surface area contributed by atoms with E-state index in [1.54, 1.807) is 0 Å². The predicted molar refractivity (Wildman–Crippen MR) is 107 cm³/mol. The van der Waals surface area contributed by atoms with Crippen LogP contribution in [0.4, 0.5) is 0 Å². The largest absolute Gasteiger partial charge is 0.563 e. The molecule has 0 saturated carbocycles. The average Bonchev–Trinajstić information content (AvgIpc) is 2.88. The summed E-state index contributed by atoms with van der Waals surface area (Å²) in [5, 5.41) is 0.215. The quantitative estimate of drug-likeness (QED) is 0.408. The van der Waals surface area contributed by atoms with Crippen molar-refractivity contribution in [3.63, 3.8) is 0 Å². The molecule has 0 bridgehead atoms. The maximum Gasteiger partial charge on any atom is 0.368 e. The van der Waals surface area contributed by atoms with E-state index in [0.29, 0.717) is 6.92 Å². The van der Waals surface area contributed by atoms with Gasteiger partial charge in [0.15, 0.2) is 0 Å². The van der Waals surface area contributed by atoms with Crippen LogP contribution < -0.4 is 0 Å². The van der Waals surface area contributed by atoms with Crippen LogP contribution in [0.3, 0.4) is 0 Å². The van der Waals surface area contributed by atoms with Crippen LogP contribution in [-0.2, 0) is 4.65 Å². The summed E-state index contributed by atoms with van der Waals surface area (Å²) in [5.74, 6) is 1.18. The Balaban J connectivity index is 2.43. The number of hydrogen-bond donors (Lipinski definition) is 0. The van der Waals surface area contributed by atoms with Crippen molar-refractivity contribution in [1.29, 1.82) is 0 Å². The Kier molecular flexibility index (Phi) is 7.46. The van der Waals surface area contributed by atoms with Crippen LogP contribution in [-0.4, -0.2) is 6.92 Å². The highest BCUT2D eigenvalue weighted by atomic mass is 16.4. The summed E-state index contributed by atoms with van der Waals surface area (Å²) in [7, 11) is 0. The molecule has 1 aromatic carbocycles. The monoisotopic (exact) mass is 326 g/mol. The molecule has 0 amide bonds. The lowest BCUT2D eigenvalue weighted by molar-refractivity contribution is 0.418. The average molecular weight is 326 g/mol. The summed E-state index contributed by atoms with van der Waals surface area (Å²) >= 11 is 0. The first kappa shape index (κ1) is 19.2. The Labute approximate surface area is 150 Å². The van der Waals surface area contributed by atoms with E-state index in [0.717, 1.165) is 0 Å². The summed E-state index contributed by atoms with van der Waals surface area (Å²) < 4.78 is 6.52. The highest BCUT2D eigenvalue weighted by molar-refractivity contribution is 6.60. The van der Waals surface area contributed by atoms with Gasteiger partial charge in [-0.2, -0.15) is 0 Å². The van der Waals surface area contributed by atoms with Gasteiger partial charge in [-0.05, 0) is 37.2 Å². The molecule has 2 rings (SSSR count). The lowest BCUT2D eigenvalue weighted by Crippen LogP contribution is -2.31. The van der Waals surface area contributed by atoms with E-state index < -0.39 is 0 Å². The maximum absolute atomic E-state index is 6.52. The summed E-state index contributed by atoms with van der Waals surface area (Å²) in [5.41, 5.74) is 2.88. The van der Waals surface area contributed by atoms with Crippen LogP contribution in [0, 0.1) is 0 Å². The van der Waals surface area contributed by atoms with Crippen molar-refractivity contribution in [2.24, 2.45) is 0 Å². The Morgan fingerprint density at radius 3 is 2.00 bits per heavy atom. The third-order valence-corrected chi connectivity index (χ3v) is 5.62. The molecule has 0 fully saturated rings. The molecule has 0 aliphatic carbocycles. The molecule has 1 aliphatic rings. The van der Waals surface area contributed by atoms with Crippen LogP contribution in [0.2, 0.25) is 11.6 Å². The molecule has 2 heteroatoms. The summed E-state index contributed by atoms with van der Waals surface area (Å²) in [6, 6.07) is 11.0. The molecule has 24 heavy (non-hydrogen) atoms. The molecule has 0 unspecified atom stereocenters. The van der Waals surface area contributed by atoms with E-state index >= 15 is 0 Å². The number of allylic oxidation sites excluding steroid dienone is 2. The molecule has 1 aliphatic heterocycles. The van der Waals surface area contributed by atoms with Gasteiger partial charge in [-0.1, -0.05) is 89.6 Å². The number of hydrogen-bond acceptors (Lipinski definition) is 1. The van der Waals surface area contributed by atoms with Crippen molar-refractivity contribution in [1.82, 2.24) is 0 Å². The Morgan fingerprint density at radius 2 is 1.46 bits per heavy atom. The molecule has 0 atom stereocenters. The zero-order valence-corrected chi connectivity index (χ0v) is 16.2. The van der Waals surface area contributed by atoms with Crippen molar-refractivity contribution in [3.05, 3.63) is 41.7 Å². The molecule has 0 saturated heterocycles. The molecule has 1 aromatic rings. The SMILES string of the molecule is CCCCB1OC(C)=C(c2ccccc2)C1(CCCC)CCCC. The summed E-state index contributed by atoms with van der Waals surface area (Å²) in [6.45, 7) is 9.46. The molecule has 132 valence electrons. The zero-order valence-electron chi connectivity index (χ0n) is 16.2. The van der Waals surface area contributed by atoms with Gasteiger partial charge in [0.25, 0.3) is 0 Å². The van der Waals surface area contributed by atoms with Crippen molar-refractivity contribution < 1.29 is 4.65 Å². The molecular formula is C22H35BO. The highest BCUT2D eigenvalue weighted by Crippen LogP contribution is 2.59. The molecule has 1 heterocycles. The molecule has 1 nitrogen and oxygen atoms in total. The van der Waals surface area contributed by atoms with Gasteiger partial charge in [0.05, 0.1) is 5.76 Å². The fraction of sp³-hybridized carbons (Fsp3) is 0.636. The maximum atomic E-state index is 6.52. The lowest BCUT2D eigenvalue weighted by atomic mass is 9.39. The van der Waals surface area contributed by atoms with Crippen LogP contribution >= 0.6 is 0 Å². The van der Waals surface area contributed by atoms with Gasteiger partial charge in [0, 0.05) is 5.31 Å². The first-order chi connectivity index (χ1) is 11.7. The number of rotatable bonds is 10. The Bertz CT molecular complexity index is 512. The van der Waals surface area contributed by atoms with Crippen molar-refractivity contribution in [3.8, 4) is 0 Å². The van der Waals surface area contributed by atoms with E-state index in [1.165, 1.54) is 74.6 Å². The van der Waals surface area contributed by atoms with E-state index in [2.05, 4.69) is 58.0 Å². The topological polar surface area (TPSA) is 9.23 Å². The second-order valence-electron chi connectivity index (χ2n) is 7.41. The number of unbranched alkanes of at least 4 members (excludes halogenated alkanes) is 3. The van der Waals surface area contributed by atoms with Gasteiger partial charge >= 0.3 is 6.92 Å². The predicted octanol–water partition coefficient (Wildman–Crippen LogP) is 7.36. The first-order valence-corrected chi connectivity index (χ1v) is 10.1. The highest BCUT2D eigenvalue weighted by Gasteiger charge is 2.51. The fourth-order valence-corrected chi connectivity index (χ4v) is 4.40. The normalized spacial score (nSPS) is 16.6. The second-order valence-corrected chi connectivity index (χ2v) is 7.41. The van der Waals surface area contributed by atoms with Crippen molar-refractivity contribution >= 4 is 12.5 Å². The standard InChI is InChI=1S/C22H35BO/c1-5-8-16-22(17-9-6-2)21(20-14-12-11-13-15-20)19(4)24-23(22)18-10-7-3/h11-15H,5-10,16-18H2,1-4H3. The molecule has 0 spiro atoms. The molecular weight excluding hydrogens is 291 g/mol. The van der Waals surface area contributed by atoms with E-state index in [1.807, 2.05) is 0 Å². The molecule has 0 N–H and O–H groups in total. The Morgan fingerprint density at radius 1 is 0.875 bits per heavy atom. The first-order valence-electron chi connectivity index (χ1n) is 10.1. The molecule has 0 radical (unpaired) electrons. The van der Waals surface area contributed by atoms with Crippen LogP contribution in [0.1, 0.15) is 84.6 Å². The zero-order chi connectivity index (χ0) is 17.4. The van der Waals surface area contributed by atoms with Gasteiger partial charge in [-0.25, -0.2) is 0 Å². The van der Waals surface area contributed by atoms with Gasteiger partial charge in [0.2, 0.25) is 0 Å². The van der Waals surface area contributed by atoms with Gasteiger partial charge < -0.3 is 4.65 Å². The molecule has 0 aromatic heterocycles. The third kappa shape index (κ3) is 4.07. The fourth-order valence-electron chi connectivity index (χ4n) is 4.40. The third-order valence-electron chi connectivity index (χ3n) is 5.62. The minimum atomic E-state index is 0.215. The number of benzene rings is 1. The van der Waals surface area contributed by atoms with Crippen LogP contribution in [0.25, 0.3) is 5.57 Å². The van der Waals surface area contributed by atoms with Gasteiger partial charge in [-0.3, -0.25) is 0 Å². The van der Waals surface area contributed by atoms with Crippen LogP contribution in [0.15, 0.2) is 36.1 Å². The van der Waals surface area contributed by atoms with E-state index in [-0.39, 0.29) is 5.31 Å². The van der Waals surface area contributed by atoms with Crippen molar-refractivity contribution in [2.75, 3.05) is 0 Å². The van der Waals surface area contributed by atoms with E-state index in [9.17, 15) is 0 Å². The lowest BCUT2D eigenvalue weighted by Gasteiger charge is -2.35. The minimum Gasteiger partial charge on any atom is -0.563 e.